The Morgan fingerprint density at radius 2 is 1.87 bits per heavy atom. The first kappa shape index (κ1) is 15.5. The van der Waals surface area contributed by atoms with Gasteiger partial charge in [-0.05, 0) is 35.7 Å². The van der Waals surface area contributed by atoms with Gasteiger partial charge in [-0.15, -0.1) is 0 Å². The molecule has 0 N–H and O–H groups in total. The first-order valence-electron chi connectivity index (χ1n) is 6.65. The van der Waals surface area contributed by atoms with E-state index in [0.29, 0.717) is 16.9 Å². The molecular weight excluding hydrogens is 327 g/mol. The number of benzene rings is 1. The Balaban J connectivity index is 2.05. The maximum atomic E-state index is 12.8. The van der Waals surface area contributed by atoms with Crippen molar-refractivity contribution in [3.05, 3.63) is 41.1 Å². The number of rotatable bonds is 4. The van der Waals surface area contributed by atoms with Gasteiger partial charge >= 0.3 is 6.18 Å². The summed E-state index contributed by atoms with van der Waals surface area (Å²) in [6.07, 6.45) is -4.37. The van der Waals surface area contributed by atoms with Crippen LogP contribution in [-0.2, 0) is 6.54 Å². The van der Waals surface area contributed by atoms with E-state index in [0.717, 1.165) is 4.68 Å². The van der Waals surface area contributed by atoms with E-state index in [4.69, 9.17) is 4.74 Å². The Morgan fingerprint density at radius 1 is 1.13 bits per heavy atom. The molecule has 3 rings (SSSR count). The van der Waals surface area contributed by atoms with E-state index < -0.39 is 12.7 Å². The number of alkyl halides is 3. The van der Waals surface area contributed by atoms with E-state index >= 15 is 0 Å². The van der Waals surface area contributed by atoms with Crippen LogP contribution in [0.2, 0.25) is 0 Å². The molecule has 2 heterocycles. The molecule has 0 fully saturated rings. The largest absolute Gasteiger partial charge is 0.497 e. The molecule has 0 aliphatic heterocycles. The van der Waals surface area contributed by atoms with Crippen LogP contribution in [0.5, 0.6) is 5.75 Å². The van der Waals surface area contributed by atoms with E-state index in [9.17, 15) is 13.2 Å². The molecule has 0 unspecified atom stereocenters. The third kappa shape index (κ3) is 3.53. The molecule has 2 aromatic heterocycles. The molecule has 4 nitrogen and oxygen atoms in total. The molecule has 23 heavy (non-hydrogen) atoms. The van der Waals surface area contributed by atoms with Gasteiger partial charge in [0, 0.05) is 16.5 Å². The number of nitrogens with zero attached hydrogens (tertiary/aromatic N) is 3. The van der Waals surface area contributed by atoms with Crippen molar-refractivity contribution in [3.8, 4) is 28.5 Å². The molecule has 1 aromatic carbocycles. The summed E-state index contributed by atoms with van der Waals surface area (Å²) in [5.41, 5.74) is 1.25. The molecule has 0 bridgehead atoms. The van der Waals surface area contributed by atoms with Crippen LogP contribution in [0.25, 0.3) is 22.8 Å². The Bertz CT molecular complexity index is 779. The standard InChI is InChI=1S/C15H12F3N3OS/c1-22-12-4-2-10(3-5-12)14-19-13(11-6-7-23-8-11)20-21(14)9-15(16,17)18/h2-8H,9H2,1H3. The van der Waals surface area contributed by atoms with Crippen LogP contribution in [0, 0.1) is 0 Å². The van der Waals surface area contributed by atoms with Crippen LogP contribution in [0.3, 0.4) is 0 Å². The zero-order valence-electron chi connectivity index (χ0n) is 12.0. The van der Waals surface area contributed by atoms with Gasteiger partial charge in [-0.2, -0.15) is 29.6 Å². The van der Waals surface area contributed by atoms with Crippen LogP contribution in [0.4, 0.5) is 13.2 Å². The number of halogens is 3. The van der Waals surface area contributed by atoms with Crippen molar-refractivity contribution in [2.75, 3.05) is 7.11 Å². The minimum absolute atomic E-state index is 0.172. The Kier molecular flexibility index (Phi) is 4.08. The summed E-state index contributed by atoms with van der Waals surface area (Å²) in [5.74, 6) is 1.07. The number of methoxy groups -OCH3 is 1. The normalized spacial score (nSPS) is 11.7. The second-order valence-corrected chi connectivity index (χ2v) is 5.55. The Morgan fingerprint density at radius 3 is 2.43 bits per heavy atom. The molecule has 0 spiro atoms. The predicted molar refractivity (Wildman–Crippen MR) is 81.4 cm³/mol. The average Bonchev–Trinajstić information content (AvgIpc) is 3.15. The van der Waals surface area contributed by atoms with Crippen molar-refractivity contribution in [3.63, 3.8) is 0 Å². The second-order valence-electron chi connectivity index (χ2n) is 4.77. The van der Waals surface area contributed by atoms with Crippen molar-refractivity contribution >= 4 is 11.3 Å². The van der Waals surface area contributed by atoms with E-state index in [2.05, 4.69) is 10.1 Å². The second kappa shape index (κ2) is 6.04. The summed E-state index contributed by atoms with van der Waals surface area (Å²) in [6, 6.07) is 8.44. The molecular formula is C15H12F3N3OS. The summed E-state index contributed by atoms with van der Waals surface area (Å²) in [7, 11) is 1.52. The topological polar surface area (TPSA) is 39.9 Å². The first-order valence-corrected chi connectivity index (χ1v) is 7.59. The van der Waals surface area contributed by atoms with Crippen molar-refractivity contribution in [1.29, 1.82) is 0 Å². The maximum absolute atomic E-state index is 12.8. The van der Waals surface area contributed by atoms with Gasteiger partial charge in [0.15, 0.2) is 11.6 Å². The summed E-state index contributed by atoms with van der Waals surface area (Å²) in [5, 5.41) is 7.64. The van der Waals surface area contributed by atoms with Crippen LogP contribution >= 0.6 is 11.3 Å². The highest BCUT2D eigenvalue weighted by Gasteiger charge is 2.30. The number of thiophene rings is 1. The fraction of sp³-hybridized carbons (Fsp3) is 0.200. The number of hydrogen-bond donors (Lipinski definition) is 0. The molecule has 0 atom stereocenters. The van der Waals surface area contributed by atoms with E-state index in [1.165, 1.54) is 18.4 Å². The zero-order chi connectivity index (χ0) is 16.4. The molecule has 0 saturated carbocycles. The molecule has 0 saturated heterocycles. The summed E-state index contributed by atoms with van der Waals surface area (Å²) < 4.78 is 44.3. The van der Waals surface area contributed by atoms with Crippen LogP contribution in [-0.4, -0.2) is 28.1 Å². The molecule has 0 aliphatic carbocycles. The molecule has 120 valence electrons. The fourth-order valence-electron chi connectivity index (χ4n) is 2.09. The van der Waals surface area contributed by atoms with Gasteiger partial charge in [-0.25, -0.2) is 9.67 Å². The third-order valence-corrected chi connectivity index (χ3v) is 3.81. The molecule has 0 amide bonds. The fourth-order valence-corrected chi connectivity index (χ4v) is 2.72. The average molecular weight is 339 g/mol. The van der Waals surface area contributed by atoms with Gasteiger partial charge in [0.1, 0.15) is 12.3 Å². The van der Waals surface area contributed by atoms with Gasteiger partial charge in [-0.3, -0.25) is 0 Å². The zero-order valence-corrected chi connectivity index (χ0v) is 12.9. The Hall–Kier alpha value is -2.35. The molecule has 0 radical (unpaired) electrons. The highest BCUT2D eigenvalue weighted by atomic mass is 32.1. The SMILES string of the molecule is COc1ccc(-c2nc(-c3ccsc3)nn2CC(F)(F)F)cc1. The Labute approximate surface area is 134 Å². The summed E-state index contributed by atoms with van der Waals surface area (Å²) in [4.78, 5) is 4.28. The quantitative estimate of drug-likeness (QED) is 0.714. The maximum Gasteiger partial charge on any atom is 0.408 e. The minimum atomic E-state index is -4.37. The van der Waals surface area contributed by atoms with Crippen molar-refractivity contribution in [2.45, 2.75) is 12.7 Å². The van der Waals surface area contributed by atoms with Crippen molar-refractivity contribution in [2.24, 2.45) is 0 Å². The summed E-state index contributed by atoms with van der Waals surface area (Å²) >= 11 is 1.44. The molecule has 3 aromatic rings. The number of aromatic nitrogens is 3. The number of ether oxygens (including phenoxy) is 1. The van der Waals surface area contributed by atoms with E-state index in [-0.39, 0.29) is 11.6 Å². The first-order chi connectivity index (χ1) is 11.0. The van der Waals surface area contributed by atoms with Crippen molar-refractivity contribution in [1.82, 2.24) is 14.8 Å². The van der Waals surface area contributed by atoms with Gasteiger partial charge in [0.25, 0.3) is 0 Å². The lowest BCUT2D eigenvalue weighted by molar-refractivity contribution is -0.142. The monoisotopic (exact) mass is 339 g/mol. The lowest BCUT2D eigenvalue weighted by Gasteiger charge is -2.09. The molecule has 0 aliphatic rings. The van der Waals surface area contributed by atoms with Gasteiger partial charge < -0.3 is 4.74 Å². The smallest absolute Gasteiger partial charge is 0.408 e. The van der Waals surface area contributed by atoms with Gasteiger partial charge in [0.2, 0.25) is 0 Å². The van der Waals surface area contributed by atoms with Crippen molar-refractivity contribution < 1.29 is 17.9 Å². The third-order valence-electron chi connectivity index (χ3n) is 3.13. The summed E-state index contributed by atoms with van der Waals surface area (Å²) in [6.45, 7) is -1.19. The minimum Gasteiger partial charge on any atom is -0.497 e. The van der Waals surface area contributed by atoms with Crippen LogP contribution in [0.15, 0.2) is 41.1 Å². The van der Waals surface area contributed by atoms with Crippen LogP contribution in [0.1, 0.15) is 0 Å². The van der Waals surface area contributed by atoms with Gasteiger partial charge in [0.05, 0.1) is 7.11 Å². The lowest BCUT2D eigenvalue weighted by Crippen LogP contribution is -2.19. The van der Waals surface area contributed by atoms with Crippen LogP contribution < -0.4 is 4.74 Å². The molecule has 8 heteroatoms. The van der Waals surface area contributed by atoms with E-state index in [1.807, 2.05) is 5.38 Å². The number of hydrogen-bond acceptors (Lipinski definition) is 4. The van der Waals surface area contributed by atoms with Gasteiger partial charge in [-0.1, -0.05) is 0 Å². The highest BCUT2D eigenvalue weighted by molar-refractivity contribution is 7.08. The highest BCUT2D eigenvalue weighted by Crippen LogP contribution is 2.28. The predicted octanol–water partition coefficient (Wildman–Crippen LogP) is 4.24. The van der Waals surface area contributed by atoms with E-state index in [1.54, 1.807) is 35.7 Å². The lowest BCUT2D eigenvalue weighted by atomic mass is 10.2.